The molecule has 18 heavy (non-hydrogen) atoms. The first-order valence-electron chi connectivity index (χ1n) is 6.70. The van der Waals surface area contributed by atoms with Crippen molar-refractivity contribution in [3.8, 4) is 0 Å². The van der Waals surface area contributed by atoms with Crippen molar-refractivity contribution >= 4 is 11.8 Å². The molecular formula is C13H24N2O3. The molecule has 0 atom stereocenters. The van der Waals surface area contributed by atoms with Gasteiger partial charge in [-0.25, -0.2) is 0 Å². The molecule has 5 nitrogen and oxygen atoms in total. The lowest BCUT2D eigenvalue weighted by atomic mass is 9.98. The number of hydrogen-bond donors (Lipinski definition) is 1. The minimum Gasteiger partial charge on any atom is -0.381 e. The third-order valence-corrected chi connectivity index (χ3v) is 3.05. The molecule has 104 valence electrons. The molecule has 5 heteroatoms. The van der Waals surface area contributed by atoms with Crippen LogP contribution in [0.3, 0.4) is 0 Å². The van der Waals surface area contributed by atoms with Gasteiger partial charge in [0.05, 0.1) is 6.54 Å². The molecule has 0 bridgehead atoms. The van der Waals surface area contributed by atoms with Crippen LogP contribution in [0.15, 0.2) is 0 Å². The number of nitrogens with one attached hydrogen (secondary N) is 1. The van der Waals surface area contributed by atoms with Crippen LogP contribution in [0.4, 0.5) is 0 Å². The van der Waals surface area contributed by atoms with Crippen LogP contribution in [0.1, 0.15) is 33.6 Å². The molecule has 1 fully saturated rings. The van der Waals surface area contributed by atoms with Crippen LogP contribution in [0.5, 0.6) is 0 Å². The summed E-state index contributed by atoms with van der Waals surface area (Å²) in [4.78, 5) is 25.6. The molecule has 1 N–H and O–H groups in total. The number of hydrogen-bond acceptors (Lipinski definition) is 3. The van der Waals surface area contributed by atoms with E-state index in [-0.39, 0.29) is 30.3 Å². The third-order valence-electron chi connectivity index (χ3n) is 3.05. The first-order valence-corrected chi connectivity index (χ1v) is 6.70. The Balaban J connectivity index is 2.48. The van der Waals surface area contributed by atoms with E-state index < -0.39 is 0 Å². The van der Waals surface area contributed by atoms with Gasteiger partial charge in [-0.15, -0.1) is 0 Å². The standard InChI is InChI=1S/C13H24N2O3/c1-4-15(9-12(16)14-10(2)3)13(17)11-5-7-18-8-6-11/h10-11H,4-9H2,1-3H3,(H,14,16). The van der Waals surface area contributed by atoms with Crippen molar-refractivity contribution in [2.45, 2.75) is 39.7 Å². The van der Waals surface area contributed by atoms with E-state index in [9.17, 15) is 9.59 Å². The zero-order valence-electron chi connectivity index (χ0n) is 11.6. The van der Waals surface area contributed by atoms with Gasteiger partial charge in [-0.2, -0.15) is 0 Å². The molecule has 1 aliphatic heterocycles. The summed E-state index contributed by atoms with van der Waals surface area (Å²) in [5.41, 5.74) is 0. The molecule has 1 aliphatic rings. The van der Waals surface area contributed by atoms with Gasteiger partial charge >= 0.3 is 0 Å². The van der Waals surface area contributed by atoms with Crippen molar-refractivity contribution in [2.75, 3.05) is 26.3 Å². The van der Waals surface area contributed by atoms with Gasteiger partial charge in [-0.05, 0) is 33.6 Å². The predicted octanol–water partition coefficient (Wildman–Crippen LogP) is 0.786. The summed E-state index contributed by atoms with van der Waals surface area (Å²) < 4.78 is 5.25. The Hall–Kier alpha value is -1.10. The minimum atomic E-state index is -0.0905. The molecule has 0 unspecified atom stereocenters. The Morgan fingerprint density at radius 1 is 1.33 bits per heavy atom. The smallest absolute Gasteiger partial charge is 0.239 e. The Labute approximate surface area is 109 Å². The van der Waals surface area contributed by atoms with Gasteiger partial charge in [0, 0.05) is 31.7 Å². The van der Waals surface area contributed by atoms with Gasteiger partial charge in [0.15, 0.2) is 0 Å². The lowest BCUT2D eigenvalue weighted by Gasteiger charge is -2.28. The second-order valence-corrected chi connectivity index (χ2v) is 4.96. The molecule has 0 aromatic carbocycles. The van der Waals surface area contributed by atoms with Crippen molar-refractivity contribution in [3.05, 3.63) is 0 Å². The quantitative estimate of drug-likeness (QED) is 0.791. The Morgan fingerprint density at radius 2 is 1.94 bits per heavy atom. The van der Waals surface area contributed by atoms with Gasteiger partial charge in [0.25, 0.3) is 0 Å². The summed E-state index contributed by atoms with van der Waals surface area (Å²) in [6, 6.07) is 0.106. The highest BCUT2D eigenvalue weighted by molar-refractivity contribution is 5.86. The molecule has 1 rings (SSSR count). The van der Waals surface area contributed by atoms with E-state index in [1.807, 2.05) is 20.8 Å². The molecule has 0 aliphatic carbocycles. The van der Waals surface area contributed by atoms with E-state index in [0.717, 1.165) is 12.8 Å². The molecule has 1 heterocycles. The van der Waals surface area contributed by atoms with Crippen LogP contribution in [-0.4, -0.2) is 49.1 Å². The highest BCUT2D eigenvalue weighted by Crippen LogP contribution is 2.17. The number of carbonyl (C=O) groups is 2. The van der Waals surface area contributed by atoms with Crippen molar-refractivity contribution in [3.63, 3.8) is 0 Å². The third kappa shape index (κ3) is 4.64. The maximum absolute atomic E-state index is 12.2. The first-order chi connectivity index (χ1) is 8.54. The van der Waals surface area contributed by atoms with Crippen molar-refractivity contribution in [1.82, 2.24) is 10.2 Å². The highest BCUT2D eigenvalue weighted by Gasteiger charge is 2.26. The van der Waals surface area contributed by atoms with Gasteiger partial charge in [0.2, 0.25) is 11.8 Å². The Morgan fingerprint density at radius 3 is 2.44 bits per heavy atom. The van der Waals surface area contributed by atoms with Crippen LogP contribution < -0.4 is 5.32 Å². The summed E-state index contributed by atoms with van der Waals surface area (Å²) >= 11 is 0. The second-order valence-electron chi connectivity index (χ2n) is 4.96. The van der Waals surface area contributed by atoms with E-state index >= 15 is 0 Å². The van der Waals surface area contributed by atoms with Gasteiger partial charge in [-0.1, -0.05) is 0 Å². The number of amides is 2. The van der Waals surface area contributed by atoms with Crippen molar-refractivity contribution in [2.24, 2.45) is 5.92 Å². The molecule has 0 spiro atoms. The van der Waals surface area contributed by atoms with E-state index in [4.69, 9.17) is 4.74 Å². The number of likely N-dealkylation sites (N-methyl/N-ethyl adjacent to an activating group) is 1. The Kier molecular flexibility index (Phi) is 6.12. The monoisotopic (exact) mass is 256 g/mol. The fourth-order valence-electron chi connectivity index (χ4n) is 2.09. The van der Waals surface area contributed by atoms with Crippen LogP contribution in [0, 0.1) is 5.92 Å². The zero-order chi connectivity index (χ0) is 13.5. The highest BCUT2D eigenvalue weighted by atomic mass is 16.5. The van der Waals surface area contributed by atoms with Crippen molar-refractivity contribution < 1.29 is 14.3 Å². The minimum absolute atomic E-state index is 0.0190. The maximum atomic E-state index is 12.2. The molecule has 2 amide bonds. The topological polar surface area (TPSA) is 58.6 Å². The number of nitrogens with zero attached hydrogens (tertiary/aromatic N) is 1. The van der Waals surface area contributed by atoms with Crippen LogP contribution in [-0.2, 0) is 14.3 Å². The largest absolute Gasteiger partial charge is 0.381 e. The zero-order valence-corrected chi connectivity index (χ0v) is 11.6. The molecular weight excluding hydrogens is 232 g/mol. The van der Waals surface area contributed by atoms with Gasteiger partial charge in [-0.3, -0.25) is 9.59 Å². The summed E-state index contributed by atoms with van der Waals surface area (Å²) in [5.74, 6) is 0.0116. The Bertz CT molecular complexity index is 286. The fourth-order valence-corrected chi connectivity index (χ4v) is 2.09. The molecule has 1 saturated heterocycles. The van der Waals surface area contributed by atoms with E-state index in [1.54, 1.807) is 4.90 Å². The second kappa shape index (κ2) is 7.36. The first kappa shape index (κ1) is 15.0. The normalized spacial score (nSPS) is 16.7. The van der Waals surface area contributed by atoms with E-state index in [2.05, 4.69) is 5.32 Å². The lowest BCUT2D eigenvalue weighted by Crippen LogP contribution is -2.45. The molecule has 0 aromatic heterocycles. The maximum Gasteiger partial charge on any atom is 0.239 e. The number of rotatable bonds is 5. The number of carbonyl (C=O) groups excluding carboxylic acids is 2. The number of ether oxygens (including phenoxy) is 1. The summed E-state index contributed by atoms with van der Waals surface area (Å²) in [5, 5.41) is 2.81. The van der Waals surface area contributed by atoms with Crippen LogP contribution >= 0.6 is 0 Å². The SMILES string of the molecule is CCN(CC(=O)NC(C)C)C(=O)C1CCOCC1. The van der Waals surface area contributed by atoms with E-state index in [1.165, 1.54) is 0 Å². The fraction of sp³-hybridized carbons (Fsp3) is 0.846. The van der Waals surface area contributed by atoms with Crippen LogP contribution in [0.2, 0.25) is 0 Å². The summed E-state index contributed by atoms with van der Waals surface area (Å²) in [7, 11) is 0. The average molecular weight is 256 g/mol. The summed E-state index contributed by atoms with van der Waals surface area (Å²) in [6.45, 7) is 7.74. The van der Waals surface area contributed by atoms with Crippen molar-refractivity contribution in [1.29, 1.82) is 0 Å². The van der Waals surface area contributed by atoms with Crippen LogP contribution in [0.25, 0.3) is 0 Å². The lowest BCUT2D eigenvalue weighted by molar-refractivity contribution is -0.141. The van der Waals surface area contributed by atoms with E-state index in [0.29, 0.717) is 19.8 Å². The predicted molar refractivity (Wildman–Crippen MR) is 69.1 cm³/mol. The van der Waals surface area contributed by atoms with Gasteiger partial charge in [0.1, 0.15) is 0 Å². The average Bonchev–Trinajstić information content (AvgIpc) is 2.35. The summed E-state index contributed by atoms with van der Waals surface area (Å²) in [6.07, 6.45) is 1.53. The molecule has 0 radical (unpaired) electrons. The molecule has 0 aromatic rings. The molecule has 0 saturated carbocycles. The van der Waals surface area contributed by atoms with Gasteiger partial charge < -0.3 is 15.0 Å².